The molecule has 0 fully saturated rings. The average Bonchev–Trinajstić information content (AvgIpc) is 3.27. The number of carboxylic acid groups (broad SMARTS) is 2. The number of carbonyl (C=O) groups excluding carboxylic acids is 10. The van der Waals surface area contributed by atoms with E-state index < -0.39 is 165 Å². The van der Waals surface area contributed by atoms with Gasteiger partial charge in [-0.3, -0.25) is 57.5 Å². The fourth-order valence-corrected chi connectivity index (χ4v) is 5.47. The van der Waals surface area contributed by atoms with Gasteiger partial charge >= 0.3 is 11.9 Å². The zero-order valence-corrected chi connectivity index (χ0v) is 37.6. The quantitative estimate of drug-likeness (QED) is 0.0266. The third-order valence-corrected chi connectivity index (χ3v) is 9.29. The largest absolute Gasteiger partial charge is 0.481 e. The van der Waals surface area contributed by atoms with Crippen molar-refractivity contribution in [3.63, 3.8) is 0 Å². The summed E-state index contributed by atoms with van der Waals surface area (Å²) in [6, 6.07) is -10.8. The molecular formula is C38H67N13O16. The molecule has 0 aliphatic rings. The molecule has 0 rings (SSSR count). The number of unbranched alkanes of at least 4 members (excludes halogenated alkanes) is 2. The van der Waals surface area contributed by atoms with Gasteiger partial charge in [0.15, 0.2) is 0 Å². The molecule has 0 heterocycles. The van der Waals surface area contributed by atoms with Crippen molar-refractivity contribution in [2.24, 2.45) is 17.2 Å². The molecule has 0 radical (unpaired) electrons. The van der Waals surface area contributed by atoms with Crippen LogP contribution < -0.4 is 70.4 Å². The summed E-state index contributed by atoms with van der Waals surface area (Å²) >= 11 is 0. The number of carboxylic acids is 2. The van der Waals surface area contributed by atoms with Gasteiger partial charge in [0.05, 0.1) is 32.3 Å². The van der Waals surface area contributed by atoms with Gasteiger partial charge in [-0.2, -0.15) is 0 Å². The van der Waals surface area contributed by atoms with Crippen molar-refractivity contribution in [2.75, 3.05) is 45.9 Å². The van der Waals surface area contributed by atoms with Crippen molar-refractivity contribution in [3.8, 4) is 0 Å². The highest BCUT2D eigenvalue weighted by atomic mass is 16.4. The zero-order chi connectivity index (χ0) is 51.2. The molecule has 0 saturated heterocycles. The van der Waals surface area contributed by atoms with Crippen LogP contribution in [0.3, 0.4) is 0 Å². The van der Waals surface area contributed by atoms with E-state index in [1.807, 2.05) is 5.32 Å². The Hall–Kier alpha value is -6.56. The zero-order valence-electron chi connectivity index (χ0n) is 37.6. The molecule has 0 aromatic rings. The van der Waals surface area contributed by atoms with Crippen molar-refractivity contribution < 1.29 is 78.0 Å². The number of hydrogen-bond acceptors (Lipinski definition) is 17. The van der Waals surface area contributed by atoms with Crippen molar-refractivity contribution >= 4 is 71.0 Å². The van der Waals surface area contributed by atoms with E-state index >= 15 is 0 Å². The minimum atomic E-state index is -1.69. The maximum atomic E-state index is 13.1. The SMILES string of the molecule is C[C@H](N)C(=O)N[C@@H](CCCCN)C(=O)N[C@@H](CO)C(=O)N[C@@H](CO)C(=O)N[C@@H](C)C(=O)NCC(=O)N[C@@H](C)C(=O)N[C@@H](CCCCN)C(=O)NCC(=O)N[C@@H](CCC(=O)O)C(=O)NCC(=O)O. The van der Waals surface area contributed by atoms with Crippen molar-refractivity contribution in [3.05, 3.63) is 0 Å². The van der Waals surface area contributed by atoms with Crippen LogP contribution in [0.4, 0.5) is 0 Å². The summed E-state index contributed by atoms with van der Waals surface area (Å²) in [6.07, 6.45) is 0.910. The molecule has 0 bridgehead atoms. The number of aliphatic hydroxyl groups is 2. The fraction of sp³-hybridized carbons (Fsp3) is 0.684. The van der Waals surface area contributed by atoms with Gasteiger partial charge in [0, 0.05) is 6.42 Å². The number of nitrogens with two attached hydrogens (primary N) is 3. The minimum absolute atomic E-state index is 0.0291. The van der Waals surface area contributed by atoms with E-state index in [0.717, 1.165) is 0 Å². The number of amides is 10. The normalized spacial score (nSPS) is 14.3. The molecule has 0 aliphatic carbocycles. The molecule has 0 aromatic heterocycles. The van der Waals surface area contributed by atoms with Crippen LogP contribution in [0.1, 0.15) is 72.1 Å². The lowest BCUT2D eigenvalue weighted by atomic mass is 10.1. The molecule has 67 heavy (non-hydrogen) atoms. The van der Waals surface area contributed by atoms with Crippen LogP contribution in [0.2, 0.25) is 0 Å². The Morgan fingerprint density at radius 2 is 0.806 bits per heavy atom. The first-order chi connectivity index (χ1) is 31.5. The predicted molar refractivity (Wildman–Crippen MR) is 232 cm³/mol. The highest BCUT2D eigenvalue weighted by molar-refractivity contribution is 5.97. The van der Waals surface area contributed by atoms with Gasteiger partial charge in [-0.15, -0.1) is 0 Å². The number of aliphatic carboxylic acids is 2. The van der Waals surface area contributed by atoms with Gasteiger partial charge in [-0.1, -0.05) is 0 Å². The third kappa shape index (κ3) is 25.6. The topological polar surface area (TPSA) is 484 Å². The maximum absolute atomic E-state index is 13.1. The van der Waals surface area contributed by atoms with Gasteiger partial charge in [-0.25, -0.2) is 0 Å². The first kappa shape index (κ1) is 60.4. The third-order valence-electron chi connectivity index (χ3n) is 9.29. The Kier molecular flexibility index (Phi) is 29.8. The Morgan fingerprint density at radius 3 is 1.27 bits per heavy atom. The molecule has 20 N–H and O–H groups in total. The van der Waals surface area contributed by atoms with Gasteiger partial charge < -0.3 is 90.8 Å². The Balaban J connectivity index is 5.34. The first-order valence-electron chi connectivity index (χ1n) is 21.3. The van der Waals surface area contributed by atoms with Gasteiger partial charge in [0.25, 0.3) is 0 Å². The molecule has 0 aliphatic heterocycles. The molecule has 380 valence electrons. The van der Waals surface area contributed by atoms with Crippen LogP contribution >= 0.6 is 0 Å². The van der Waals surface area contributed by atoms with E-state index in [-0.39, 0.29) is 19.4 Å². The Labute approximate surface area is 385 Å². The summed E-state index contributed by atoms with van der Waals surface area (Å²) in [7, 11) is 0. The number of rotatable bonds is 34. The average molecular weight is 962 g/mol. The number of aliphatic hydroxyl groups excluding tert-OH is 2. The van der Waals surface area contributed by atoms with Crippen LogP contribution in [0, 0.1) is 0 Å². The Morgan fingerprint density at radius 1 is 0.418 bits per heavy atom. The minimum Gasteiger partial charge on any atom is -0.481 e. The van der Waals surface area contributed by atoms with Crippen molar-refractivity contribution in [2.45, 2.75) is 120 Å². The number of nitrogens with one attached hydrogen (secondary N) is 10. The molecule has 29 heteroatoms. The van der Waals surface area contributed by atoms with Gasteiger partial charge in [0.2, 0.25) is 59.1 Å². The van der Waals surface area contributed by atoms with E-state index in [1.165, 1.54) is 20.8 Å². The second kappa shape index (κ2) is 33.0. The van der Waals surface area contributed by atoms with E-state index in [1.54, 1.807) is 0 Å². The second-order valence-corrected chi connectivity index (χ2v) is 15.1. The standard InChI is InChI=1S/C38H67N13O16/c1-19(41)31(60)48-23(9-5-7-13-40)36(65)50-26(18-53)38(67)51-25(17-52)37(66)46-20(2)32(61)42-14-27(54)45-21(3)33(62)49-22(8-4-6-12-39)34(63)43-15-28(55)47-24(10-11-29(56)57)35(64)44-16-30(58)59/h19-26,52-53H,4-18,39-41H2,1-3H3,(H,42,61)(H,43,63)(H,44,64)(H,45,54)(H,46,66)(H,47,55)(H,48,60)(H,49,62)(H,50,65)(H,51,67)(H,56,57)(H,58,59)/t19-,20-,21-,22-,23-,24-,25-,26-/m0/s1. The maximum Gasteiger partial charge on any atom is 0.322 e. The van der Waals surface area contributed by atoms with Crippen molar-refractivity contribution in [1.29, 1.82) is 0 Å². The number of carbonyl (C=O) groups is 12. The van der Waals surface area contributed by atoms with E-state index in [9.17, 15) is 67.7 Å². The van der Waals surface area contributed by atoms with E-state index in [4.69, 9.17) is 27.4 Å². The van der Waals surface area contributed by atoms with Crippen molar-refractivity contribution in [1.82, 2.24) is 53.2 Å². The fourth-order valence-electron chi connectivity index (χ4n) is 5.47. The lowest BCUT2D eigenvalue weighted by Gasteiger charge is -2.24. The molecule has 0 unspecified atom stereocenters. The second-order valence-electron chi connectivity index (χ2n) is 15.1. The molecule has 10 amide bonds. The lowest BCUT2D eigenvalue weighted by Crippen LogP contribution is -2.60. The highest BCUT2D eigenvalue weighted by Gasteiger charge is 2.31. The monoisotopic (exact) mass is 961 g/mol. The van der Waals surface area contributed by atoms with Crippen LogP contribution in [-0.2, 0) is 57.5 Å². The number of hydrogen-bond donors (Lipinski definition) is 17. The van der Waals surface area contributed by atoms with Crippen LogP contribution in [0.15, 0.2) is 0 Å². The molecule has 0 saturated carbocycles. The summed E-state index contributed by atoms with van der Waals surface area (Å²) in [6.45, 7) is 0.193. The molecular weight excluding hydrogens is 894 g/mol. The summed E-state index contributed by atoms with van der Waals surface area (Å²) in [5.74, 6) is -11.8. The summed E-state index contributed by atoms with van der Waals surface area (Å²) in [4.78, 5) is 149. The van der Waals surface area contributed by atoms with Gasteiger partial charge in [-0.05, 0) is 78.8 Å². The molecule has 0 aromatic carbocycles. The predicted octanol–water partition coefficient (Wildman–Crippen LogP) is -8.69. The van der Waals surface area contributed by atoms with Gasteiger partial charge in [0.1, 0.15) is 48.8 Å². The first-order valence-corrected chi connectivity index (χ1v) is 21.3. The van der Waals surface area contributed by atoms with E-state index in [0.29, 0.717) is 32.2 Å². The van der Waals surface area contributed by atoms with Crippen LogP contribution in [0.25, 0.3) is 0 Å². The van der Waals surface area contributed by atoms with E-state index in [2.05, 4.69) is 47.9 Å². The lowest BCUT2D eigenvalue weighted by molar-refractivity contribution is -0.140. The summed E-state index contributed by atoms with van der Waals surface area (Å²) in [5, 5.41) is 60.0. The van der Waals surface area contributed by atoms with Crippen LogP contribution in [0.5, 0.6) is 0 Å². The molecule has 8 atom stereocenters. The van der Waals surface area contributed by atoms with Crippen LogP contribution in [-0.4, -0.2) is 186 Å². The molecule has 29 nitrogen and oxygen atoms in total. The summed E-state index contributed by atoms with van der Waals surface area (Å²) < 4.78 is 0. The molecule has 0 spiro atoms. The smallest absolute Gasteiger partial charge is 0.322 e. The summed E-state index contributed by atoms with van der Waals surface area (Å²) in [5.41, 5.74) is 16.6. The Bertz CT molecular complexity index is 1720. The highest BCUT2D eigenvalue weighted by Crippen LogP contribution is 2.05.